The summed E-state index contributed by atoms with van der Waals surface area (Å²) in [6, 6.07) is 14.0. The fraction of sp³-hybridized carbons (Fsp3) is 0.174. The van der Waals surface area contributed by atoms with Crippen molar-refractivity contribution < 1.29 is 19.0 Å². The van der Waals surface area contributed by atoms with E-state index in [1.165, 1.54) is 17.4 Å². The van der Waals surface area contributed by atoms with Gasteiger partial charge in [-0.25, -0.2) is 4.98 Å². The summed E-state index contributed by atoms with van der Waals surface area (Å²) in [4.78, 5) is 30.0. The van der Waals surface area contributed by atoms with Crippen LogP contribution in [0.15, 0.2) is 58.7 Å². The van der Waals surface area contributed by atoms with E-state index in [1.807, 2.05) is 17.5 Å². The molecule has 2 aromatic carbocycles. The van der Waals surface area contributed by atoms with Gasteiger partial charge in [0.15, 0.2) is 22.6 Å². The van der Waals surface area contributed by atoms with Gasteiger partial charge in [-0.2, -0.15) is 0 Å². The van der Waals surface area contributed by atoms with Gasteiger partial charge >= 0.3 is 0 Å². The second-order valence-electron chi connectivity index (χ2n) is 7.32. The number of aromatic nitrogens is 2. The molecule has 162 valence electrons. The largest absolute Gasteiger partial charge is 0.481 e. The number of rotatable bonds is 5. The summed E-state index contributed by atoms with van der Waals surface area (Å²) < 4.78 is 17.9. The van der Waals surface area contributed by atoms with Crippen molar-refractivity contribution >= 4 is 27.9 Å². The Kier molecular flexibility index (Phi) is 5.02. The molecule has 1 N–H and O–H groups in total. The number of anilines is 1. The predicted molar refractivity (Wildman–Crippen MR) is 121 cm³/mol. The molecule has 5 rings (SSSR count). The Bertz CT molecular complexity index is 1380. The zero-order valence-electron chi connectivity index (χ0n) is 17.3. The van der Waals surface area contributed by atoms with Gasteiger partial charge < -0.3 is 19.5 Å². The van der Waals surface area contributed by atoms with Crippen molar-refractivity contribution in [3.05, 3.63) is 70.0 Å². The number of aryl methyl sites for hydroxylation is 1. The van der Waals surface area contributed by atoms with Crippen LogP contribution in [0, 0.1) is 6.92 Å². The third-order valence-corrected chi connectivity index (χ3v) is 5.83. The van der Waals surface area contributed by atoms with Crippen LogP contribution in [0.25, 0.3) is 16.2 Å². The number of benzene rings is 2. The normalized spacial score (nSPS) is 13.2. The van der Waals surface area contributed by atoms with E-state index in [1.54, 1.807) is 48.6 Å². The first-order valence-electron chi connectivity index (χ1n) is 9.93. The predicted octanol–water partition coefficient (Wildman–Crippen LogP) is 3.87. The molecule has 9 heteroatoms. The van der Waals surface area contributed by atoms with Gasteiger partial charge in [0.05, 0.1) is 5.69 Å². The first-order chi connectivity index (χ1) is 15.5. The van der Waals surface area contributed by atoms with Crippen molar-refractivity contribution in [3.63, 3.8) is 0 Å². The van der Waals surface area contributed by atoms with Crippen LogP contribution in [0.4, 0.5) is 5.69 Å². The molecule has 1 atom stereocenters. The Morgan fingerprint density at radius 1 is 1.16 bits per heavy atom. The summed E-state index contributed by atoms with van der Waals surface area (Å²) in [6.07, 6.45) is -0.719. The smallest absolute Gasteiger partial charge is 0.265 e. The quantitative estimate of drug-likeness (QED) is 0.497. The van der Waals surface area contributed by atoms with Crippen molar-refractivity contribution in [2.24, 2.45) is 0 Å². The molecule has 3 heterocycles. The number of nitrogens with one attached hydrogen (secondary N) is 1. The number of nitrogens with zero attached hydrogens (tertiary/aromatic N) is 2. The first-order valence-corrected chi connectivity index (χ1v) is 10.8. The summed E-state index contributed by atoms with van der Waals surface area (Å²) in [7, 11) is 0. The maximum Gasteiger partial charge on any atom is 0.265 e. The molecule has 0 fully saturated rings. The van der Waals surface area contributed by atoms with Crippen LogP contribution in [0.3, 0.4) is 0 Å². The molecule has 8 nitrogen and oxygen atoms in total. The number of amides is 1. The van der Waals surface area contributed by atoms with Crippen molar-refractivity contribution in [2.45, 2.75) is 20.0 Å². The van der Waals surface area contributed by atoms with E-state index >= 15 is 0 Å². The van der Waals surface area contributed by atoms with E-state index in [2.05, 4.69) is 10.3 Å². The van der Waals surface area contributed by atoms with E-state index in [0.717, 1.165) is 11.3 Å². The fourth-order valence-electron chi connectivity index (χ4n) is 3.41. The lowest BCUT2D eigenvalue weighted by atomic mass is 10.1. The molecule has 1 amide bonds. The van der Waals surface area contributed by atoms with Crippen molar-refractivity contribution in [1.82, 2.24) is 9.38 Å². The third-order valence-electron chi connectivity index (χ3n) is 5.01. The fourth-order valence-corrected chi connectivity index (χ4v) is 4.35. The number of hydrogen-bond donors (Lipinski definition) is 1. The van der Waals surface area contributed by atoms with Crippen molar-refractivity contribution in [1.29, 1.82) is 0 Å². The highest BCUT2D eigenvalue weighted by Gasteiger charge is 2.18. The summed E-state index contributed by atoms with van der Waals surface area (Å²) in [5.41, 5.74) is 2.82. The Hall–Kier alpha value is -3.85. The van der Waals surface area contributed by atoms with Gasteiger partial charge in [0.1, 0.15) is 5.75 Å². The lowest BCUT2D eigenvalue weighted by Crippen LogP contribution is -2.30. The molecule has 0 saturated carbocycles. The molecule has 0 aliphatic carbocycles. The molecular formula is C23H19N3O5S. The third kappa shape index (κ3) is 3.78. The Labute approximate surface area is 187 Å². The summed E-state index contributed by atoms with van der Waals surface area (Å²) in [5.74, 6) is 1.48. The van der Waals surface area contributed by atoms with Crippen LogP contribution in [0.5, 0.6) is 17.2 Å². The molecule has 0 radical (unpaired) electrons. The minimum absolute atomic E-state index is 0.115. The van der Waals surface area contributed by atoms with E-state index in [0.29, 0.717) is 33.6 Å². The number of thiazole rings is 1. The van der Waals surface area contributed by atoms with Crippen LogP contribution in [0.2, 0.25) is 0 Å². The van der Waals surface area contributed by atoms with Gasteiger partial charge in [-0.15, -0.1) is 11.3 Å². The van der Waals surface area contributed by atoms with E-state index in [-0.39, 0.29) is 18.3 Å². The van der Waals surface area contributed by atoms with Crippen molar-refractivity contribution in [2.75, 3.05) is 12.1 Å². The molecule has 1 aliphatic rings. The maximum atomic E-state index is 12.6. The number of fused-ring (bicyclic) bond motifs is 2. The minimum atomic E-state index is -0.719. The van der Waals surface area contributed by atoms with Gasteiger partial charge in [0, 0.05) is 28.9 Å². The summed E-state index contributed by atoms with van der Waals surface area (Å²) in [5, 5.41) is 4.75. The number of ether oxygens (including phenoxy) is 3. The topological polar surface area (TPSA) is 91.2 Å². The van der Waals surface area contributed by atoms with Gasteiger partial charge in [0.2, 0.25) is 6.79 Å². The summed E-state index contributed by atoms with van der Waals surface area (Å²) >= 11 is 1.41. The zero-order chi connectivity index (χ0) is 22.2. The van der Waals surface area contributed by atoms with Gasteiger partial charge in [0.25, 0.3) is 11.5 Å². The summed E-state index contributed by atoms with van der Waals surface area (Å²) in [6.45, 7) is 3.65. The molecular weight excluding hydrogens is 430 g/mol. The molecule has 0 unspecified atom stereocenters. The average molecular weight is 449 g/mol. The SMILES string of the molecule is Cc1cc(=O)n2c(-c3ccc(NC(=O)[C@@H](C)Oc4ccc5c(c4)OCO5)cc3)csc2n1. The number of carbonyl (C=O) groups is 1. The van der Waals surface area contributed by atoms with Gasteiger partial charge in [-0.1, -0.05) is 12.1 Å². The highest BCUT2D eigenvalue weighted by atomic mass is 32.1. The Morgan fingerprint density at radius 3 is 2.75 bits per heavy atom. The molecule has 0 saturated heterocycles. The second-order valence-corrected chi connectivity index (χ2v) is 8.15. The van der Waals surface area contributed by atoms with Crippen LogP contribution >= 0.6 is 11.3 Å². The number of carbonyl (C=O) groups excluding carboxylic acids is 1. The lowest BCUT2D eigenvalue weighted by Gasteiger charge is -2.15. The zero-order valence-corrected chi connectivity index (χ0v) is 18.1. The molecule has 32 heavy (non-hydrogen) atoms. The van der Waals surface area contributed by atoms with Crippen LogP contribution < -0.4 is 25.1 Å². The highest BCUT2D eigenvalue weighted by Crippen LogP contribution is 2.35. The van der Waals surface area contributed by atoms with Crippen molar-refractivity contribution in [3.8, 4) is 28.5 Å². The number of hydrogen-bond acceptors (Lipinski definition) is 7. The highest BCUT2D eigenvalue weighted by molar-refractivity contribution is 7.15. The average Bonchev–Trinajstić information content (AvgIpc) is 3.41. The molecule has 0 bridgehead atoms. The molecule has 2 aromatic heterocycles. The van der Waals surface area contributed by atoms with E-state index < -0.39 is 6.10 Å². The van der Waals surface area contributed by atoms with E-state index in [9.17, 15) is 9.59 Å². The standard InChI is InChI=1S/C23H19N3O5S/c1-13-9-21(27)26-18(11-32-23(26)24-13)15-3-5-16(6-4-15)25-22(28)14(2)31-17-7-8-19-20(10-17)30-12-29-19/h3-11,14H,12H2,1-2H3,(H,25,28)/t14-/m1/s1. The van der Waals surface area contributed by atoms with Crippen LogP contribution in [0.1, 0.15) is 12.6 Å². The Balaban J connectivity index is 1.28. The molecule has 0 spiro atoms. The van der Waals surface area contributed by atoms with Gasteiger partial charge in [-0.3, -0.25) is 14.0 Å². The Morgan fingerprint density at radius 2 is 1.94 bits per heavy atom. The van der Waals surface area contributed by atoms with Gasteiger partial charge in [-0.05, 0) is 43.7 Å². The minimum Gasteiger partial charge on any atom is -0.481 e. The van der Waals surface area contributed by atoms with E-state index in [4.69, 9.17) is 14.2 Å². The first kappa shape index (κ1) is 20.1. The monoisotopic (exact) mass is 449 g/mol. The van der Waals surface area contributed by atoms with Crippen LogP contribution in [-0.4, -0.2) is 28.2 Å². The molecule has 4 aromatic rings. The van der Waals surface area contributed by atoms with Crippen LogP contribution in [-0.2, 0) is 4.79 Å². The molecule has 1 aliphatic heterocycles. The maximum absolute atomic E-state index is 12.6. The lowest BCUT2D eigenvalue weighted by molar-refractivity contribution is -0.122. The second kappa shape index (κ2) is 8.01.